The quantitative estimate of drug-likeness (QED) is 0.546. The number of benzene rings is 1. The van der Waals surface area contributed by atoms with E-state index in [2.05, 4.69) is 20.5 Å². The fourth-order valence-electron chi connectivity index (χ4n) is 2.15. The van der Waals surface area contributed by atoms with Crippen LogP contribution in [0.3, 0.4) is 0 Å². The zero-order chi connectivity index (χ0) is 16.4. The van der Waals surface area contributed by atoms with E-state index < -0.39 is 0 Å². The van der Waals surface area contributed by atoms with Crippen LogP contribution in [0.1, 0.15) is 0 Å². The van der Waals surface area contributed by atoms with E-state index in [9.17, 15) is 4.39 Å². The van der Waals surface area contributed by atoms with Gasteiger partial charge in [0, 0.05) is 10.9 Å². The summed E-state index contributed by atoms with van der Waals surface area (Å²) in [4.78, 5) is 5.68. The molecule has 0 amide bonds. The van der Waals surface area contributed by atoms with Gasteiger partial charge in [-0.05, 0) is 47.8 Å². The SMILES string of the molecule is Fc1ccc(-c2ccc(Nc3nc(-c4cccs4)cs3)nn2)cc1. The molecule has 1 N–H and O–H groups in total. The third kappa shape index (κ3) is 3.17. The standard InChI is InChI=1S/C17H11FN4S2/c18-12-5-3-11(4-6-12)13-7-8-16(22-21-13)20-17-19-14(10-24-17)15-2-1-9-23-15/h1-10H,(H,19,20,22). The number of hydrogen-bond donors (Lipinski definition) is 1. The molecular formula is C17H11FN4S2. The summed E-state index contributed by atoms with van der Waals surface area (Å²) in [5.41, 5.74) is 2.47. The normalized spacial score (nSPS) is 10.7. The summed E-state index contributed by atoms with van der Waals surface area (Å²) >= 11 is 3.18. The molecule has 0 bridgehead atoms. The molecule has 0 unspecified atom stereocenters. The molecule has 3 aromatic heterocycles. The second-order valence-corrected chi connectivity index (χ2v) is 6.76. The Morgan fingerprint density at radius 2 is 1.75 bits per heavy atom. The van der Waals surface area contributed by atoms with Gasteiger partial charge < -0.3 is 5.32 Å². The second-order valence-electron chi connectivity index (χ2n) is 4.95. The molecule has 0 saturated heterocycles. The fourth-order valence-corrected chi connectivity index (χ4v) is 3.63. The molecular weight excluding hydrogens is 343 g/mol. The number of anilines is 2. The largest absolute Gasteiger partial charge is 0.315 e. The van der Waals surface area contributed by atoms with Gasteiger partial charge in [-0.2, -0.15) is 0 Å². The molecule has 118 valence electrons. The van der Waals surface area contributed by atoms with Crippen LogP contribution in [-0.2, 0) is 0 Å². The average Bonchev–Trinajstić information content (AvgIpc) is 3.28. The average molecular weight is 354 g/mol. The number of nitrogens with one attached hydrogen (secondary N) is 1. The first-order chi connectivity index (χ1) is 11.8. The highest BCUT2D eigenvalue weighted by Crippen LogP contribution is 2.29. The second kappa shape index (κ2) is 6.46. The molecule has 0 saturated carbocycles. The van der Waals surface area contributed by atoms with Gasteiger partial charge in [0.05, 0.1) is 16.3 Å². The minimum atomic E-state index is -0.268. The van der Waals surface area contributed by atoms with Gasteiger partial charge in [-0.15, -0.1) is 32.9 Å². The third-order valence-corrected chi connectivity index (χ3v) is 4.97. The van der Waals surface area contributed by atoms with Crippen molar-refractivity contribution in [2.75, 3.05) is 5.32 Å². The zero-order valence-electron chi connectivity index (χ0n) is 12.3. The Kier molecular flexibility index (Phi) is 4.02. The van der Waals surface area contributed by atoms with Crippen LogP contribution < -0.4 is 5.32 Å². The van der Waals surface area contributed by atoms with E-state index in [0.29, 0.717) is 11.5 Å². The summed E-state index contributed by atoms with van der Waals surface area (Å²) in [5.74, 6) is 0.350. The lowest BCUT2D eigenvalue weighted by Crippen LogP contribution is -1.96. The minimum Gasteiger partial charge on any atom is -0.315 e. The molecule has 24 heavy (non-hydrogen) atoms. The monoisotopic (exact) mass is 354 g/mol. The molecule has 7 heteroatoms. The van der Waals surface area contributed by atoms with E-state index in [4.69, 9.17) is 0 Å². The maximum atomic E-state index is 13.0. The summed E-state index contributed by atoms with van der Waals surface area (Å²) in [6.45, 7) is 0. The predicted molar refractivity (Wildman–Crippen MR) is 96.1 cm³/mol. The van der Waals surface area contributed by atoms with Gasteiger partial charge in [-0.25, -0.2) is 9.37 Å². The van der Waals surface area contributed by atoms with Gasteiger partial charge in [0.25, 0.3) is 0 Å². The smallest absolute Gasteiger partial charge is 0.188 e. The minimum absolute atomic E-state index is 0.268. The summed E-state index contributed by atoms with van der Waals surface area (Å²) in [7, 11) is 0. The number of rotatable bonds is 4. The van der Waals surface area contributed by atoms with Gasteiger partial charge in [0.1, 0.15) is 5.82 Å². The van der Waals surface area contributed by atoms with E-state index in [1.165, 1.54) is 23.5 Å². The van der Waals surface area contributed by atoms with Crippen molar-refractivity contribution in [3.8, 4) is 21.8 Å². The highest BCUT2D eigenvalue weighted by atomic mass is 32.1. The summed E-state index contributed by atoms with van der Waals surface area (Å²) in [6, 6.07) is 13.9. The maximum Gasteiger partial charge on any atom is 0.188 e. The van der Waals surface area contributed by atoms with Crippen LogP contribution in [0.4, 0.5) is 15.3 Å². The molecule has 0 fully saturated rings. The van der Waals surface area contributed by atoms with Crippen molar-refractivity contribution in [2.45, 2.75) is 0 Å². The van der Waals surface area contributed by atoms with Crippen molar-refractivity contribution in [1.29, 1.82) is 0 Å². The van der Waals surface area contributed by atoms with Crippen LogP contribution in [0.25, 0.3) is 21.8 Å². The van der Waals surface area contributed by atoms with Crippen molar-refractivity contribution in [3.63, 3.8) is 0 Å². The predicted octanol–water partition coefficient (Wildman–Crippen LogP) is 5.21. The first kappa shape index (κ1) is 14.9. The Hall–Kier alpha value is -2.64. The summed E-state index contributed by atoms with van der Waals surface area (Å²) in [6.07, 6.45) is 0. The van der Waals surface area contributed by atoms with E-state index in [1.807, 2.05) is 35.0 Å². The molecule has 0 atom stereocenters. The summed E-state index contributed by atoms with van der Waals surface area (Å²) in [5, 5.41) is 16.3. The highest BCUT2D eigenvalue weighted by molar-refractivity contribution is 7.16. The number of thiazole rings is 1. The van der Waals surface area contributed by atoms with Crippen molar-refractivity contribution < 1.29 is 4.39 Å². The first-order valence-corrected chi connectivity index (χ1v) is 8.90. The van der Waals surface area contributed by atoms with Gasteiger partial charge in [0.15, 0.2) is 10.9 Å². The Labute approximate surface area is 145 Å². The van der Waals surface area contributed by atoms with Crippen LogP contribution in [0.5, 0.6) is 0 Å². The Morgan fingerprint density at radius 1 is 0.875 bits per heavy atom. The number of hydrogen-bond acceptors (Lipinski definition) is 6. The van der Waals surface area contributed by atoms with E-state index in [1.54, 1.807) is 23.5 Å². The van der Waals surface area contributed by atoms with Crippen molar-refractivity contribution in [3.05, 3.63) is 65.1 Å². The lowest BCUT2D eigenvalue weighted by atomic mass is 10.1. The van der Waals surface area contributed by atoms with Crippen molar-refractivity contribution >= 4 is 33.6 Å². The lowest BCUT2D eigenvalue weighted by molar-refractivity contribution is 0.628. The number of thiophene rings is 1. The molecule has 1 aromatic carbocycles. The molecule has 4 aromatic rings. The molecule has 0 aliphatic rings. The van der Waals surface area contributed by atoms with Gasteiger partial charge >= 0.3 is 0 Å². The Morgan fingerprint density at radius 3 is 2.46 bits per heavy atom. The van der Waals surface area contributed by atoms with Crippen LogP contribution in [-0.4, -0.2) is 15.2 Å². The number of nitrogens with zero attached hydrogens (tertiary/aromatic N) is 3. The van der Waals surface area contributed by atoms with Crippen LogP contribution in [0.2, 0.25) is 0 Å². The molecule has 4 nitrogen and oxygen atoms in total. The van der Waals surface area contributed by atoms with E-state index in [0.717, 1.165) is 21.3 Å². The van der Waals surface area contributed by atoms with Gasteiger partial charge in [-0.1, -0.05) is 6.07 Å². The van der Waals surface area contributed by atoms with Gasteiger partial charge in [0.2, 0.25) is 0 Å². The van der Waals surface area contributed by atoms with Crippen molar-refractivity contribution in [2.24, 2.45) is 0 Å². The van der Waals surface area contributed by atoms with Gasteiger partial charge in [-0.3, -0.25) is 0 Å². The van der Waals surface area contributed by atoms with E-state index >= 15 is 0 Å². The molecule has 4 rings (SSSR count). The zero-order valence-corrected chi connectivity index (χ0v) is 13.9. The highest BCUT2D eigenvalue weighted by Gasteiger charge is 2.07. The fraction of sp³-hybridized carbons (Fsp3) is 0. The van der Waals surface area contributed by atoms with Crippen LogP contribution in [0, 0.1) is 5.82 Å². The third-order valence-electron chi connectivity index (χ3n) is 3.32. The molecule has 0 spiro atoms. The maximum absolute atomic E-state index is 13.0. The Balaban J connectivity index is 1.50. The van der Waals surface area contributed by atoms with Crippen molar-refractivity contribution in [1.82, 2.24) is 15.2 Å². The Bertz CT molecular complexity index is 932. The first-order valence-electron chi connectivity index (χ1n) is 7.14. The van der Waals surface area contributed by atoms with Crippen LogP contribution >= 0.6 is 22.7 Å². The molecule has 0 radical (unpaired) electrons. The van der Waals surface area contributed by atoms with Crippen LogP contribution in [0.15, 0.2) is 59.3 Å². The molecule has 0 aliphatic carbocycles. The summed E-state index contributed by atoms with van der Waals surface area (Å²) < 4.78 is 13.0. The number of aromatic nitrogens is 3. The lowest BCUT2D eigenvalue weighted by Gasteiger charge is -2.03. The van der Waals surface area contributed by atoms with E-state index in [-0.39, 0.29) is 5.82 Å². The number of halogens is 1. The topological polar surface area (TPSA) is 50.7 Å². The molecule has 0 aliphatic heterocycles. The molecule has 3 heterocycles.